The van der Waals surface area contributed by atoms with Crippen molar-refractivity contribution >= 4 is 17.4 Å². The van der Waals surface area contributed by atoms with Gasteiger partial charge >= 0.3 is 0 Å². The fraction of sp³-hybridized carbons (Fsp3) is 0.571. The van der Waals surface area contributed by atoms with Crippen LogP contribution >= 0.6 is 11.8 Å². The lowest BCUT2D eigenvalue weighted by molar-refractivity contribution is 0.371. The van der Waals surface area contributed by atoms with Gasteiger partial charge in [-0.3, -0.25) is 0 Å². The quantitative estimate of drug-likeness (QED) is 0.637. The van der Waals surface area contributed by atoms with E-state index in [1.165, 1.54) is 48.6 Å². The highest BCUT2D eigenvalue weighted by Crippen LogP contribution is 2.26. The normalized spacial score (nSPS) is 20.4. The molecule has 1 aliphatic rings. The van der Waals surface area contributed by atoms with Crippen molar-refractivity contribution in [3.63, 3.8) is 0 Å². The lowest BCUT2D eigenvalue weighted by atomic mass is 9.97. The van der Waals surface area contributed by atoms with Gasteiger partial charge < -0.3 is 11.1 Å². The maximum absolute atomic E-state index is 5.76. The second-order valence-corrected chi connectivity index (χ2v) is 6.01. The van der Waals surface area contributed by atoms with Crippen LogP contribution in [0.25, 0.3) is 0 Å². The molecule has 17 heavy (non-hydrogen) atoms. The predicted octanol–water partition coefficient (Wildman–Crippen LogP) is 3.06. The van der Waals surface area contributed by atoms with Crippen molar-refractivity contribution in [2.75, 3.05) is 24.6 Å². The standard InChI is InChI=1S/C14H22N2S/c1-11-9-13(15)4-5-14(11)17-8-6-12-3-2-7-16-10-12/h4-5,9,12,16H,2-3,6-8,10,15H2,1H3. The molecular weight excluding hydrogens is 228 g/mol. The Balaban J connectivity index is 1.77. The van der Waals surface area contributed by atoms with Gasteiger partial charge in [-0.2, -0.15) is 0 Å². The van der Waals surface area contributed by atoms with Crippen LogP contribution in [0, 0.1) is 12.8 Å². The van der Waals surface area contributed by atoms with Crippen molar-refractivity contribution in [2.24, 2.45) is 5.92 Å². The number of hydrogen-bond donors (Lipinski definition) is 2. The van der Waals surface area contributed by atoms with Crippen LogP contribution < -0.4 is 11.1 Å². The number of nitrogen functional groups attached to an aromatic ring is 1. The van der Waals surface area contributed by atoms with Crippen LogP contribution in [0.2, 0.25) is 0 Å². The number of anilines is 1. The fourth-order valence-corrected chi connectivity index (χ4v) is 3.46. The number of piperidine rings is 1. The maximum Gasteiger partial charge on any atom is 0.0317 e. The molecule has 0 aliphatic carbocycles. The van der Waals surface area contributed by atoms with Crippen molar-refractivity contribution in [3.8, 4) is 0 Å². The molecule has 94 valence electrons. The molecule has 0 amide bonds. The summed E-state index contributed by atoms with van der Waals surface area (Å²) in [6.07, 6.45) is 4.06. The highest BCUT2D eigenvalue weighted by Gasteiger charge is 2.12. The first-order valence-corrected chi connectivity index (χ1v) is 7.44. The Morgan fingerprint density at radius 3 is 3.06 bits per heavy atom. The van der Waals surface area contributed by atoms with Crippen molar-refractivity contribution in [1.29, 1.82) is 0 Å². The topological polar surface area (TPSA) is 38.0 Å². The first kappa shape index (κ1) is 12.8. The first-order valence-electron chi connectivity index (χ1n) is 6.45. The number of nitrogens with two attached hydrogens (primary N) is 1. The second-order valence-electron chi connectivity index (χ2n) is 4.87. The molecular formula is C14H22N2S. The summed E-state index contributed by atoms with van der Waals surface area (Å²) in [5.41, 5.74) is 7.92. The van der Waals surface area contributed by atoms with Crippen LogP contribution in [0.5, 0.6) is 0 Å². The van der Waals surface area contributed by atoms with Gasteiger partial charge in [0.05, 0.1) is 0 Å². The Hall–Kier alpha value is -0.670. The molecule has 1 aromatic rings. The molecule has 3 heteroatoms. The third-order valence-electron chi connectivity index (χ3n) is 3.38. The smallest absolute Gasteiger partial charge is 0.0317 e. The summed E-state index contributed by atoms with van der Waals surface area (Å²) in [6.45, 7) is 4.56. The van der Waals surface area contributed by atoms with E-state index in [2.05, 4.69) is 24.4 Å². The second kappa shape index (κ2) is 6.31. The van der Waals surface area contributed by atoms with Gasteiger partial charge in [-0.15, -0.1) is 11.8 Å². The van der Waals surface area contributed by atoms with Gasteiger partial charge in [-0.1, -0.05) is 0 Å². The molecule has 1 aliphatic heterocycles. The van der Waals surface area contributed by atoms with E-state index in [0.29, 0.717) is 0 Å². The van der Waals surface area contributed by atoms with Crippen LogP contribution in [0.1, 0.15) is 24.8 Å². The molecule has 2 nitrogen and oxygen atoms in total. The first-order chi connectivity index (χ1) is 8.25. The molecule has 1 aromatic carbocycles. The summed E-state index contributed by atoms with van der Waals surface area (Å²) >= 11 is 1.97. The lowest BCUT2D eigenvalue weighted by Gasteiger charge is -2.22. The van der Waals surface area contributed by atoms with Gasteiger partial charge in [0.15, 0.2) is 0 Å². The Bertz CT molecular complexity index is 359. The van der Waals surface area contributed by atoms with E-state index in [1.54, 1.807) is 0 Å². The Morgan fingerprint density at radius 1 is 1.47 bits per heavy atom. The molecule has 3 N–H and O–H groups in total. The van der Waals surface area contributed by atoms with E-state index in [4.69, 9.17) is 5.73 Å². The predicted molar refractivity (Wildman–Crippen MR) is 76.5 cm³/mol. The third kappa shape index (κ3) is 3.93. The van der Waals surface area contributed by atoms with Crippen LogP contribution in [-0.2, 0) is 0 Å². The summed E-state index contributed by atoms with van der Waals surface area (Å²) in [5.74, 6) is 2.10. The van der Waals surface area contributed by atoms with Crippen molar-refractivity contribution in [3.05, 3.63) is 23.8 Å². The zero-order chi connectivity index (χ0) is 12.1. The van der Waals surface area contributed by atoms with Crippen LogP contribution in [0.3, 0.4) is 0 Å². The Morgan fingerprint density at radius 2 is 2.35 bits per heavy atom. The maximum atomic E-state index is 5.76. The number of nitrogens with one attached hydrogen (secondary N) is 1. The monoisotopic (exact) mass is 250 g/mol. The molecule has 1 atom stereocenters. The molecule has 0 saturated carbocycles. The average molecular weight is 250 g/mol. The number of rotatable bonds is 4. The Labute approximate surface area is 108 Å². The SMILES string of the molecule is Cc1cc(N)ccc1SCCC1CCCNC1. The van der Waals surface area contributed by atoms with Crippen molar-refractivity contribution in [1.82, 2.24) is 5.32 Å². The van der Waals surface area contributed by atoms with Crippen LogP contribution in [0.4, 0.5) is 5.69 Å². The van der Waals surface area contributed by atoms with Crippen molar-refractivity contribution < 1.29 is 0 Å². The molecule has 0 aromatic heterocycles. The number of benzene rings is 1. The van der Waals surface area contributed by atoms with Gasteiger partial charge in [0.1, 0.15) is 0 Å². The Kier molecular flexibility index (Phi) is 4.75. The van der Waals surface area contributed by atoms with Gasteiger partial charge in [0.25, 0.3) is 0 Å². The number of aryl methyl sites for hydroxylation is 1. The van der Waals surface area contributed by atoms with Crippen LogP contribution in [-0.4, -0.2) is 18.8 Å². The average Bonchev–Trinajstić information content (AvgIpc) is 2.33. The lowest BCUT2D eigenvalue weighted by Crippen LogP contribution is -2.29. The molecule has 1 unspecified atom stereocenters. The van der Waals surface area contributed by atoms with Gasteiger partial charge in [0.2, 0.25) is 0 Å². The molecule has 1 heterocycles. The molecule has 0 spiro atoms. The van der Waals surface area contributed by atoms with Gasteiger partial charge in [0, 0.05) is 10.6 Å². The van der Waals surface area contributed by atoms with E-state index >= 15 is 0 Å². The zero-order valence-electron chi connectivity index (χ0n) is 10.5. The number of hydrogen-bond acceptors (Lipinski definition) is 3. The zero-order valence-corrected chi connectivity index (χ0v) is 11.4. The fourth-order valence-electron chi connectivity index (χ4n) is 2.34. The number of thioether (sulfide) groups is 1. The largest absolute Gasteiger partial charge is 0.399 e. The van der Waals surface area contributed by atoms with E-state index in [1.807, 2.05) is 17.8 Å². The molecule has 0 radical (unpaired) electrons. The molecule has 0 bridgehead atoms. The summed E-state index contributed by atoms with van der Waals surface area (Å²) in [5, 5.41) is 3.48. The minimum atomic E-state index is 0.864. The molecule has 1 fully saturated rings. The van der Waals surface area contributed by atoms with Crippen molar-refractivity contribution in [2.45, 2.75) is 31.1 Å². The highest BCUT2D eigenvalue weighted by atomic mass is 32.2. The summed E-state index contributed by atoms with van der Waals surface area (Å²) < 4.78 is 0. The highest BCUT2D eigenvalue weighted by molar-refractivity contribution is 7.99. The summed E-state index contributed by atoms with van der Waals surface area (Å²) in [4.78, 5) is 1.38. The van der Waals surface area contributed by atoms with Crippen LogP contribution in [0.15, 0.2) is 23.1 Å². The summed E-state index contributed by atoms with van der Waals surface area (Å²) in [6, 6.07) is 6.20. The minimum absolute atomic E-state index is 0.864. The van der Waals surface area contributed by atoms with E-state index < -0.39 is 0 Å². The van der Waals surface area contributed by atoms with E-state index in [-0.39, 0.29) is 0 Å². The summed E-state index contributed by atoms with van der Waals surface area (Å²) in [7, 11) is 0. The van der Waals surface area contributed by atoms with E-state index in [9.17, 15) is 0 Å². The molecule has 1 saturated heterocycles. The minimum Gasteiger partial charge on any atom is -0.399 e. The third-order valence-corrected chi connectivity index (χ3v) is 4.59. The molecule has 2 rings (SSSR count). The van der Waals surface area contributed by atoms with Gasteiger partial charge in [-0.25, -0.2) is 0 Å². The van der Waals surface area contributed by atoms with Gasteiger partial charge in [-0.05, 0) is 74.7 Å². The van der Waals surface area contributed by atoms with E-state index in [0.717, 1.165) is 11.6 Å².